The molecule has 1 saturated heterocycles. The number of rotatable bonds is 5. The zero-order valence-corrected chi connectivity index (χ0v) is 18.2. The first-order valence-corrected chi connectivity index (χ1v) is 11.0. The maximum absolute atomic E-state index is 13.1. The minimum Gasteiger partial charge on any atom is -0.495 e. The van der Waals surface area contributed by atoms with Crippen molar-refractivity contribution in [3.63, 3.8) is 0 Å². The molecule has 7 nitrogen and oxygen atoms in total. The summed E-state index contributed by atoms with van der Waals surface area (Å²) in [5.41, 5.74) is 1.38. The van der Waals surface area contributed by atoms with Crippen LogP contribution in [0.5, 0.6) is 5.75 Å². The Morgan fingerprint density at radius 1 is 1.10 bits per heavy atom. The Labute approximate surface area is 176 Å². The summed E-state index contributed by atoms with van der Waals surface area (Å²) in [6.45, 7) is 4.01. The molecule has 0 bridgehead atoms. The number of ether oxygens (including phenoxy) is 1. The van der Waals surface area contributed by atoms with Crippen molar-refractivity contribution in [1.29, 1.82) is 0 Å². The van der Waals surface area contributed by atoms with Crippen molar-refractivity contribution >= 4 is 33.2 Å². The molecule has 0 radical (unpaired) electrons. The van der Waals surface area contributed by atoms with Gasteiger partial charge in [-0.25, -0.2) is 8.42 Å². The third-order valence-corrected chi connectivity index (χ3v) is 7.28. The van der Waals surface area contributed by atoms with E-state index in [1.54, 1.807) is 31.2 Å². The van der Waals surface area contributed by atoms with Gasteiger partial charge in [-0.15, -0.1) is 0 Å². The Balaban J connectivity index is 1.83. The molecule has 0 spiro atoms. The van der Waals surface area contributed by atoms with Crippen molar-refractivity contribution in [2.75, 3.05) is 45.7 Å². The molecule has 1 amide bonds. The van der Waals surface area contributed by atoms with Gasteiger partial charge in [0.25, 0.3) is 5.91 Å². The van der Waals surface area contributed by atoms with Crippen molar-refractivity contribution in [2.45, 2.75) is 11.8 Å². The number of likely N-dealkylation sites (N-methyl/N-ethyl adjacent to an activating group) is 1. The highest BCUT2D eigenvalue weighted by Gasteiger charge is 2.29. The fourth-order valence-corrected chi connectivity index (χ4v) is 5.06. The standard InChI is InChI=1S/C20H24ClN3O4S/c1-14-4-6-16(22-20(25)15-5-7-18(28-3)17(21)12-15)13-19(14)29(26,27)24-10-8-23(2)9-11-24/h4-7,12-13H,8-11H2,1-3H3,(H,22,25). The average molecular weight is 438 g/mol. The van der Waals surface area contributed by atoms with Gasteiger partial charge < -0.3 is 15.0 Å². The molecule has 1 heterocycles. The Kier molecular flexibility index (Phi) is 6.48. The maximum Gasteiger partial charge on any atom is 0.255 e. The van der Waals surface area contributed by atoms with Crippen LogP contribution < -0.4 is 10.1 Å². The molecule has 1 aliphatic heterocycles. The first-order valence-electron chi connectivity index (χ1n) is 9.16. The molecule has 0 atom stereocenters. The minimum atomic E-state index is -3.64. The number of anilines is 1. The molecule has 2 aromatic rings. The molecule has 9 heteroatoms. The van der Waals surface area contributed by atoms with Crippen molar-refractivity contribution in [3.05, 3.63) is 52.5 Å². The highest BCUT2D eigenvalue weighted by atomic mass is 35.5. The number of nitrogens with zero attached hydrogens (tertiary/aromatic N) is 2. The lowest BCUT2D eigenvalue weighted by molar-refractivity contribution is 0.102. The van der Waals surface area contributed by atoms with Crippen molar-refractivity contribution < 1.29 is 17.9 Å². The van der Waals surface area contributed by atoms with E-state index < -0.39 is 10.0 Å². The summed E-state index contributed by atoms with van der Waals surface area (Å²) in [6, 6.07) is 9.59. The molecule has 156 valence electrons. The summed E-state index contributed by atoms with van der Waals surface area (Å²) in [5, 5.41) is 3.06. The first-order chi connectivity index (χ1) is 13.7. The third kappa shape index (κ3) is 4.72. The molecule has 1 N–H and O–H groups in total. The summed E-state index contributed by atoms with van der Waals surface area (Å²) in [6.07, 6.45) is 0. The number of nitrogens with one attached hydrogen (secondary N) is 1. The second-order valence-electron chi connectivity index (χ2n) is 6.99. The highest BCUT2D eigenvalue weighted by Crippen LogP contribution is 2.27. The summed E-state index contributed by atoms with van der Waals surface area (Å²) < 4.78 is 32.8. The van der Waals surface area contributed by atoms with E-state index >= 15 is 0 Å². The van der Waals surface area contributed by atoms with Crippen LogP contribution in [0.4, 0.5) is 5.69 Å². The van der Waals surface area contributed by atoms with E-state index in [0.717, 1.165) is 0 Å². The van der Waals surface area contributed by atoms with E-state index in [9.17, 15) is 13.2 Å². The van der Waals surface area contributed by atoms with Crippen molar-refractivity contribution in [3.8, 4) is 5.75 Å². The van der Waals surface area contributed by atoms with E-state index in [2.05, 4.69) is 10.2 Å². The van der Waals surface area contributed by atoms with Crippen molar-refractivity contribution in [1.82, 2.24) is 9.21 Å². The Hall–Kier alpha value is -2.13. The van der Waals surface area contributed by atoms with Gasteiger partial charge in [0.2, 0.25) is 10.0 Å². The largest absolute Gasteiger partial charge is 0.495 e. The SMILES string of the molecule is COc1ccc(C(=O)Nc2ccc(C)c(S(=O)(=O)N3CCN(C)CC3)c2)cc1Cl. The monoisotopic (exact) mass is 437 g/mol. The number of halogens is 1. The summed E-state index contributed by atoms with van der Waals surface area (Å²) in [5.74, 6) is 0.0838. The number of benzene rings is 2. The molecule has 0 saturated carbocycles. The van der Waals surface area contributed by atoms with E-state index in [4.69, 9.17) is 16.3 Å². The molecule has 0 aromatic heterocycles. The Bertz CT molecular complexity index is 1020. The van der Waals surface area contributed by atoms with Crippen LogP contribution in [-0.4, -0.2) is 63.9 Å². The van der Waals surface area contributed by atoms with E-state index in [0.29, 0.717) is 53.8 Å². The van der Waals surface area contributed by atoms with E-state index in [1.807, 2.05) is 7.05 Å². The summed E-state index contributed by atoms with van der Waals surface area (Å²) in [7, 11) is -0.172. The van der Waals surface area contributed by atoms with Crippen LogP contribution in [0.25, 0.3) is 0 Å². The topological polar surface area (TPSA) is 78.9 Å². The summed E-state index contributed by atoms with van der Waals surface area (Å²) in [4.78, 5) is 14.9. The van der Waals surface area contributed by atoms with E-state index in [1.165, 1.54) is 23.5 Å². The average Bonchev–Trinajstić information content (AvgIpc) is 2.69. The zero-order chi connectivity index (χ0) is 21.2. The Morgan fingerprint density at radius 3 is 2.41 bits per heavy atom. The number of amides is 1. The van der Waals surface area contributed by atoms with Crippen LogP contribution in [-0.2, 0) is 10.0 Å². The van der Waals surface area contributed by atoms with Crippen LogP contribution >= 0.6 is 11.6 Å². The van der Waals surface area contributed by atoms with Crippen LogP contribution in [0.15, 0.2) is 41.3 Å². The van der Waals surface area contributed by atoms with Gasteiger partial charge in [0.15, 0.2) is 0 Å². The molecular weight excluding hydrogens is 414 g/mol. The molecule has 0 aliphatic carbocycles. The lowest BCUT2D eigenvalue weighted by Crippen LogP contribution is -2.47. The van der Waals surface area contributed by atoms with Gasteiger partial charge in [-0.1, -0.05) is 17.7 Å². The van der Waals surface area contributed by atoms with Crippen LogP contribution in [0.2, 0.25) is 5.02 Å². The van der Waals surface area contributed by atoms with Gasteiger partial charge >= 0.3 is 0 Å². The normalized spacial score (nSPS) is 15.9. The fourth-order valence-electron chi connectivity index (χ4n) is 3.13. The van der Waals surface area contributed by atoms with Crippen LogP contribution in [0.3, 0.4) is 0 Å². The van der Waals surface area contributed by atoms with Gasteiger partial charge in [-0.3, -0.25) is 4.79 Å². The fraction of sp³-hybridized carbons (Fsp3) is 0.350. The number of piperazine rings is 1. The molecule has 1 aliphatic rings. The molecule has 1 fully saturated rings. The number of carbonyl (C=O) groups is 1. The maximum atomic E-state index is 13.1. The molecule has 2 aromatic carbocycles. The van der Waals surface area contributed by atoms with E-state index in [-0.39, 0.29) is 10.8 Å². The van der Waals surface area contributed by atoms with Gasteiger partial charge in [0.1, 0.15) is 5.75 Å². The quantitative estimate of drug-likeness (QED) is 0.778. The highest BCUT2D eigenvalue weighted by molar-refractivity contribution is 7.89. The van der Waals surface area contributed by atoms with Gasteiger partial charge in [-0.2, -0.15) is 4.31 Å². The zero-order valence-electron chi connectivity index (χ0n) is 16.6. The molecular formula is C20H24ClN3O4S. The smallest absolute Gasteiger partial charge is 0.255 e. The van der Waals surface area contributed by atoms with Crippen molar-refractivity contribution in [2.24, 2.45) is 0 Å². The van der Waals surface area contributed by atoms with Gasteiger partial charge in [0.05, 0.1) is 17.0 Å². The van der Waals surface area contributed by atoms with Gasteiger partial charge in [-0.05, 0) is 49.9 Å². The van der Waals surface area contributed by atoms with Gasteiger partial charge in [0, 0.05) is 37.4 Å². The predicted molar refractivity (Wildman–Crippen MR) is 113 cm³/mol. The predicted octanol–water partition coefficient (Wildman–Crippen LogP) is 2.85. The number of hydrogen-bond acceptors (Lipinski definition) is 5. The number of aryl methyl sites for hydroxylation is 1. The number of methoxy groups -OCH3 is 1. The number of hydrogen-bond donors (Lipinski definition) is 1. The second-order valence-corrected chi connectivity index (χ2v) is 9.30. The van der Waals surface area contributed by atoms with Crippen LogP contribution in [0.1, 0.15) is 15.9 Å². The minimum absolute atomic E-state index is 0.201. The first kappa shape index (κ1) is 21.6. The molecule has 3 rings (SSSR count). The molecule has 29 heavy (non-hydrogen) atoms. The lowest BCUT2D eigenvalue weighted by Gasteiger charge is -2.32. The summed E-state index contributed by atoms with van der Waals surface area (Å²) >= 11 is 6.09. The third-order valence-electron chi connectivity index (χ3n) is 4.94. The Morgan fingerprint density at radius 2 is 1.79 bits per heavy atom. The number of carbonyl (C=O) groups excluding carboxylic acids is 1. The molecule has 0 unspecified atom stereocenters. The number of sulfonamides is 1. The second kappa shape index (κ2) is 8.71. The van der Waals surface area contributed by atoms with Crippen LogP contribution in [0, 0.1) is 6.92 Å². The lowest BCUT2D eigenvalue weighted by atomic mass is 10.2.